The first-order valence-electron chi connectivity index (χ1n) is 5.63. The normalized spacial score (nSPS) is 19.1. The molecule has 1 aliphatic carbocycles. The maximum Gasteiger partial charge on any atom is 0.310 e. The van der Waals surface area contributed by atoms with Crippen molar-refractivity contribution in [3.05, 3.63) is 0 Å². The van der Waals surface area contributed by atoms with Crippen molar-refractivity contribution in [2.75, 3.05) is 12.3 Å². The van der Waals surface area contributed by atoms with Crippen LogP contribution in [0.1, 0.15) is 39.0 Å². The number of sulfonamides is 1. The number of hydrogen-bond donors (Lipinski definition) is 2. The van der Waals surface area contributed by atoms with Crippen molar-refractivity contribution in [1.82, 2.24) is 4.72 Å². The van der Waals surface area contributed by atoms with Crippen LogP contribution in [0.2, 0.25) is 0 Å². The quantitative estimate of drug-likeness (QED) is 0.704. The van der Waals surface area contributed by atoms with Crippen LogP contribution in [0.3, 0.4) is 0 Å². The average molecular weight is 249 g/mol. The first-order valence-corrected chi connectivity index (χ1v) is 7.28. The van der Waals surface area contributed by atoms with E-state index < -0.39 is 21.4 Å². The third kappa shape index (κ3) is 3.18. The Morgan fingerprint density at radius 1 is 1.44 bits per heavy atom. The van der Waals surface area contributed by atoms with E-state index in [1.165, 1.54) is 0 Å². The Morgan fingerprint density at radius 3 is 2.44 bits per heavy atom. The molecule has 0 aromatic rings. The molecule has 94 valence electrons. The highest BCUT2D eigenvalue weighted by atomic mass is 32.2. The minimum atomic E-state index is -3.30. The Bertz CT molecular complexity index is 346. The SMILES string of the molecule is CCCCS(=O)(=O)NCC1(C(=O)O)CCC1. The summed E-state index contributed by atoms with van der Waals surface area (Å²) in [5, 5.41) is 9.02. The number of unbranched alkanes of at least 4 members (excludes halogenated alkanes) is 1. The van der Waals surface area contributed by atoms with E-state index in [0.717, 1.165) is 12.8 Å². The molecule has 16 heavy (non-hydrogen) atoms. The smallest absolute Gasteiger partial charge is 0.310 e. The topological polar surface area (TPSA) is 83.5 Å². The second-order valence-electron chi connectivity index (χ2n) is 4.43. The van der Waals surface area contributed by atoms with Gasteiger partial charge < -0.3 is 5.11 Å². The molecule has 0 bridgehead atoms. The van der Waals surface area contributed by atoms with Crippen molar-refractivity contribution in [3.63, 3.8) is 0 Å². The predicted molar refractivity (Wildman–Crippen MR) is 60.6 cm³/mol. The molecule has 0 amide bonds. The summed E-state index contributed by atoms with van der Waals surface area (Å²) < 4.78 is 25.4. The molecule has 0 radical (unpaired) electrons. The van der Waals surface area contributed by atoms with Gasteiger partial charge in [0.2, 0.25) is 10.0 Å². The molecule has 6 heteroatoms. The molecule has 0 spiro atoms. The zero-order valence-corrected chi connectivity index (χ0v) is 10.3. The Labute approximate surface area is 96.3 Å². The Hall–Kier alpha value is -0.620. The zero-order chi connectivity index (χ0) is 12.2. The summed E-state index contributed by atoms with van der Waals surface area (Å²) in [7, 11) is -3.30. The van der Waals surface area contributed by atoms with Crippen LogP contribution >= 0.6 is 0 Å². The van der Waals surface area contributed by atoms with Crippen LogP contribution in [0.5, 0.6) is 0 Å². The van der Waals surface area contributed by atoms with Crippen molar-refractivity contribution >= 4 is 16.0 Å². The number of hydrogen-bond acceptors (Lipinski definition) is 3. The van der Waals surface area contributed by atoms with E-state index in [0.29, 0.717) is 19.3 Å². The van der Waals surface area contributed by atoms with Crippen LogP contribution in [0.25, 0.3) is 0 Å². The monoisotopic (exact) mass is 249 g/mol. The van der Waals surface area contributed by atoms with Crippen molar-refractivity contribution in [1.29, 1.82) is 0 Å². The van der Waals surface area contributed by atoms with Gasteiger partial charge in [0.25, 0.3) is 0 Å². The van der Waals surface area contributed by atoms with E-state index >= 15 is 0 Å². The molecular formula is C10H19NO4S. The van der Waals surface area contributed by atoms with E-state index in [-0.39, 0.29) is 12.3 Å². The molecule has 2 N–H and O–H groups in total. The molecule has 0 aromatic carbocycles. The van der Waals surface area contributed by atoms with Gasteiger partial charge in [-0.2, -0.15) is 0 Å². The number of rotatable bonds is 7. The predicted octanol–water partition coefficient (Wildman–Crippen LogP) is 0.961. The molecule has 0 saturated heterocycles. The molecule has 1 rings (SSSR count). The van der Waals surface area contributed by atoms with Crippen LogP contribution < -0.4 is 4.72 Å². The number of carboxylic acids is 1. The standard InChI is InChI=1S/C10H19NO4S/c1-2-3-7-16(14,15)11-8-10(9(12)13)5-4-6-10/h11H,2-8H2,1H3,(H,12,13). The third-order valence-electron chi connectivity index (χ3n) is 3.16. The fourth-order valence-electron chi connectivity index (χ4n) is 1.72. The summed E-state index contributed by atoms with van der Waals surface area (Å²) in [6.07, 6.45) is 3.42. The summed E-state index contributed by atoms with van der Waals surface area (Å²) in [5.74, 6) is -0.809. The average Bonchev–Trinajstić information content (AvgIpc) is 2.12. The Kier molecular flexibility index (Phi) is 4.32. The molecule has 1 fully saturated rings. The lowest BCUT2D eigenvalue weighted by Gasteiger charge is -2.37. The second-order valence-corrected chi connectivity index (χ2v) is 6.36. The van der Waals surface area contributed by atoms with Gasteiger partial charge in [-0.3, -0.25) is 4.79 Å². The van der Waals surface area contributed by atoms with Gasteiger partial charge in [0.1, 0.15) is 0 Å². The lowest BCUT2D eigenvalue weighted by molar-refractivity contribution is -0.153. The van der Waals surface area contributed by atoms with Gasteiger partial charge >= 0.3 is 5.97 Å². The number of carboxylic acid groups (broad SMARTS) is 1. The highest BCUT2D eigenvalue weighted by Crippen LogP contribution is 2.40. The highest BCUT2D eigenvalue weighted by Gasteiger charge is 2.44. The maximum absolute atomic E-state index is 11.5. The molecule has 0 heterocycles. The first kappa shape index (κ1) is 13.4. The Balaban J connectivity index is 2.47. The minimum Gasteiger partial charge on any atom is -0.481 e. The first-order chi connectivity index (χ1) is 7.42. The van der Waals surface area contributed by atoms with E-state index in [2.05, 4.69) is 4.72 Å². The summed E-state index contributed by atoms with van der Waals surface area (Å²) in [4.78, 5) is 11.0. The van der Waals surface area contributed by atoms with E-state index in [1.807, 2.05) is 6.92 Å². The van der Waals surface area contributed by atoms with Crippen molar-refractivity contribution in [3.8, 4) is 0 Å². The van der Waals surface area contributed by atoms with Crippen LogP contribution in [0.15, 0.2) is 0 Å². The van der Waals surface area contributed by atoms with Crippen molar-refractivity contribution < 1.29 is 18.3 Å². The molecule has 1 aliphatic rings. The van der Waals surface area contributed by atoms with Crippen LogP contribution in [0.4, 0.5) is 0 Å². The van der Waals surface area contributed by atoms with Gasteiger partial charge in [0.15, 0.2) is 0 Å². The van der Waals surface area contributed by atoms with Gasteiger partial charge in [-0.15, -0.1) is 0 Å². The number of aliphatic carboxylic acids is 1. The summed E-state index contributed by atoms with van der Waals surface area (Å²) >= 11 is 0. The summed E-state index contributed by atoms with van der Waals surface area (Å²) in [6, 6.07) is 0. The third-order valence-corrected chi connectivity index (χ3v) is 4.57. The Morgan fingerprint density at radius 2 is 2.06 bits per heavy atom. The van der Waals surface area contributed by atoms with Crippen LogP contribution in [-0.4, -0.2) is 31.8 Å². The van der Waals surface area contributed by atoms with Gasteiger partial charge in [-0.25, -0.2) is 13.1 Å². The number of carbonyl (C=O) groups is 1. The summed E-state index contributed by atoms with van der Waals surface area (Å²) in [6.45, 7) is 1.95. The molecule has 5 nitrogen and oxygen atoms in total. The summed E-state index contributed by atoms with van der Waals surface area (Å²) in [5.41, 5.74) is -0.848. The highest BCUT2D eigenvalue weighted by molar-refractivity contribution is 7.89. The number of nitrogens with one attached hydrogen (secondary N) is 1. The van der Waals surface area contributed by atoms with Crippen LogP contribution in [0, 0.1) is 5.41 Å². The van der Waals surface area contributed by atoms with E-state index in [9.17, 15) is 13.2 Å². The van der Waals surface area contributed by atoms with Gasteiger partial charge in [0, 0.05) is 6.54 Å². The molecular weight excluding hydrogens is 230 g/mol. The molecule has 0 aliphatic heterocycles. The van der Waals surface area contributed by atoms with Crippen LogP contribution in [-0.2, 0) is 14.8 Å². The molecule has 1 saturated carbocycles. The van der Waals surface area contributed by atoms with Crippen molar-refractivity contribution in [2.45, 2.75) is 39.0 Å². The molecule has 0 atom stereocenters. The van der Waals surface area contributed by atoms with E-state index in [4.69, 9.17) is 5.11 Å². The fraction of sp³-hybridized carbons (Fsp3) is 0.900. The van der Waals surface area contributed by atoms with E-state index in [1.54, 1.807) is 0 Å². The second kappa shape index (κ2) is 5.14. The lowest BCUT2D eigenvalue weighted by atomic mass is 9.69. The largest absolute Gasteiger partial charge is 0.481 e. The van der Waals surface area contributed by atoms with Gasteiger partial charge in [0.05, 0.1) is 11.2 Å². The maximum atomic E-state index is 11.5. The fourth-order valence-corrected chi connectivity index (χ4v) is 3.03. The van der Waals surface area contributed by atoms with Crippen molar-refractivity contribution in [2.24, 2.45) is 5.41 Å². The molecule has 0 unspecified atom stereocenters. The molecule has 0 aromatic heterocycles. The minimum absolute atomic E-state index is 0.0361. The van der Waals surface area contributed by atoms with Gasteiger partial charge in [-0.05, 0) is 19.3 Å². The lowest BCUT2D eigenvalue weighted by Crippen LogP contribution is -2.47. The zero-order valence-electron chi connectivity index (χ0n) is 9.53. The van der Waals surface area contributed by atoms with Gasteiger partial charge in [-0.1, -0.05) is 19.8 Å².